The molecule has 2 N–H and O–H groups in total. The molecule has 0 bridgehead atoms. The third-order valence-corrected chi connectivity index (χ3v) is 3.47. The van der Waals surface area contributed by atoms with Gasteiger partial charge in [0, 0.05) is 29.5 Å². The first-order valence-electron chi connectivity index (χ1n) is 5.31. The Morgan fingerprint density at radius 1 is 1.40 bits per heavy atom. The molecule has 0 saturated heterocycles. The van der Waals surface area contributed by atoms with Gasteiger partial charge in [0.15, 0.2) is 0 Å². The molecule has 0 aliphatic heterocycles. The van der Waals surface area contributed by atoms with Crippen LogP contribution in [0.2, 0.25) is 0 Å². The Hall–Kier alpha value is -0.670. The second kappa shape index (κ2) is 6.75. The van der Waals surface area contributed by atoms with Crippen LogP contribution in [0.25, 0.3) is 0 Å². The standard InChI is InChI=1S/C12H19NOS/c1-3-14-8-5-9-15-12-7-4-6-11(13)10(12)2/h4,6-7H,3,5,8-9,13H2,1-2H3. The maximum absolute atomic E-state index is 5.83. The van der Waals surface area contributed by atoms with Crippen molar-refractivity contribution in [3.63, 3.8) is 0 Å². The number of anilines is 1. The summed E-state index contributed by atoms with van der Waals surface area (Å²) in [5, 5.41) is 0. The summed E-state index contributed by atoms with van der Waals surface area (Å²) in [4.78, 5) is 1.28. The first-order chi connectivity index (χ1) is 7.25. The van der Waals surface area contributed by atoms with E-state index in [-0.39, 0.29) is 0 Å². The zero-order valence-electron chi connectivity index (χ0n) is 9.45. The maximum Gasteiger partial charge on any atom is 0.0473 e. The van der Waals surface area contributed by atoms with Gasteiger partial charge in [0.05, 0.1) is 0 Å². The molecule has 0 aliphatic carbocycles. The van der Waals surface area contributed by atoms with E-state index in [0.717, 1.165) is 31.1 Å². The van der Waals surface area contributed by atoms with Gasteiger partial charge in [-0.25, -0.2) is 0 Å². The van der Waals surface area contributed by atoms with E-state index in [0.29, 0.717) is 0 Å². The molecule has 0 heterocycles. The zero-order valence-corrected chi connectivity index (χ0v) is 10.3. The number of hydrogen-bond acceptors (Lipinski definition) is 3. The SMILES string of the molecule is CCOCCCSc1cccc(N)c1C. The number of benzene rings is 1. The van der Waals surface area contributed by atoms with E-state index in [1.807, 2.05) is 30.8 Å². The van der Waals surface area contributed by atoms with Gasteiger partial charge < -0.3 is 10.5 Å². The van der Waals surface area contributed by atoms with Gasteiger partial charge in [-0.3, -0.25) is 0 Å². The Balaban J connectivity index is 2.34. The van der Waals surface area contributed by atoms with Gasteiger partial charge in [0.2, 0.25) is 0 Å². The monoisotopic (exact) mass is 225 g/mol. The average Bonchev–Trinajstić information content (AvgIpc) is 2.24. The molecule has 0 radical (unpaired) electrons. The second-order valence-corrected chi connectivity index (χ2v) is 4.51. The molecule has 3 heteroatoms. The van der Waals surface area contributed by atoms with E-state index < -0.39 is 0 Å². The number of ether oxygens (including phenoxy) is 1. The Morgan fingerprint density at radius 3 is 2.93 bits per heavy atom. The molecule has 1 aromatic rings. The minimum Gasteiger partial charge on any atom is -0.398 e. The molecule has 0 spiro atoms. The van der Waals surface area contributed by atoms with Gasteiger partial charge in [-0.05, 0) is 38.0 Å². The molecule has 84 valence electrons. The van der Waals surface area contributed by atoms with Gasteiger partial charge >= 0.3 is 0 Å². The maximum atomic E-state index is 5.83. The van der Waals surface area contributed by atoms with Gasteiger partial charge in [-0.15, -0.1) is 11.8 Å². The first-order valence-corrected chi connectivity index (χ1v) is 6.30. The zero-order chi connectivity index (χ0) is 11.1. The van der Waals surface area contributed by atoms with Crippen LogP contribution in [0.15, 0.2) is 23.1 Å². The Labute approximate surface area is 96.2 Å². The molecule has 1 aromatic carbocycles. The van der Waals surface area contributed by atoms with Crippen molar-refractivity contribution in [1.29, 1.82) is 0 Å². The topological polar surface area (TPSA) is 35.2 Å². The lowest BCUT2D eigenvalue weighted by Gasteiger charge is -2.07. The Kier molecular flexibility index (Phi) is 5.58. The minimum atomic E-state index is 0.808. The van der Waals surface area contributed by atoms with Crippen LogP contribution in [-0.2, 0) is 4.74 Å². The van der Waals surface area contributed by atoms with Gasteiger partial charge in [-0.1, -0.05) is 6.07 Å². The molecule has 0 aliphatic rings. The second-order valence-electron chi connectivity index (χ2n) is 3.37. The van der Waals surface area contributed by atoms with E-state index in [1.54, 1.807) is 0 Å². The molecule has 0 unspecified atom stereocenters. The van der Waals surface area contributed by atoms with E-state index >= 15 is 0 Å². The number of nitrogen functional groups attached to an aromatic ring is 1. The predicted octanol–water partition coefficient (Wildman–Crippen LogP) is 3.10. The van der Waals surface area contributed by atoms with Gasteiger partial charge in [0.1, 0.15) is 0 Å². The smallest absolute Gasteiger partial charge is 0.0473 e. The summed E-state index contributed by atoms with van der Waals surface area (Å²) < 4.78 is 5.29. The predicted molar refractivity (Wildman–Crippen MR) is 67.4 cm³/mol. The largest absolute Gasteiger partial charge is 0.398 e. The molecular weight excluding hydrogens is 206 g/mol. The van der Waals surface area contributed by atoms with Crippen LogP contribution in [0.1, 0.15) is 18.9 Å². The average molecular weight is 225 g/mol. The third kappa shape index (κ3) is 4.14. The van der Waals surface area contributed by atoms with Crippen molar-refractivity contribution in [2.75, 3.05) is 24.7 Å². The van der Waals surface area contributed by atoms with Crippen molar-refractivity contribution < 1.29 is 4.74 Å². The lowest BCUT2D eigenvalue weighted by Crippen LogP contribution is -1.95. The normalized spacial score (nSPS) is 10.5. The summed E-state index contributed by atoms with van der Waals surface area (Å²) in [6.07, 6.45) is 1.09. The van der Waals surface area contributed by atoms with E-state index in [2.05, 4.69) is 13.0 Å². The highest BCUT2D eigenvalue weighted by Crippen LogP contribution is 2.26. The van der Waals surface area contributed by atoms with Crippen molar-refractivity contribution in [2.24, 2.45) is 0 Å². The van der Waals surface area contributed by atoms with Crippen molar-refractivity contribution in [3.8, 4) is 0 Å². The summed E-state index contributed by atoms with van der Waals surface area (Å²) in [7, 11) is 0. The molecule has 0 amide bonds. The summed E-state index contributed by atoms with van der Waals surface area (Å²) in [6, 6.07) is 6.07. The highest BCUT2D eigenvalue weighted by atomic mass is 32.2. The quantitative estimate of drug-likeness (QED) is 0.459. The van der Waals surface area contributed by atoms with Crippen LogP contribution in [0.5, 0.6) is 0 Å². The van der Waals surface area contributed by atoms with Crippen LogP contribution in [0.3, 0.4) is 0 Å². The van der Waals surface area contributed by atoms with Crippen LogP contribution >= 0.6 is 11.8 Å². The van der Waals surface area contributed by atoms with Crippen molar-refractivity contribution in [2.45, 2.75) is 25.2 Å². The van der Waals surface area contributed by atoms with Crippen LogP contribution in [-0.4, -0.2) is 19.0 Å². The van der Waals surface area contributed by atoms with E-state index in [4.69, 9.17) is 10.5 Å². The summed E-state index contributed by atoms with van der Waals surface area (Å²) in [5.41, 5.74) is 7.91. The number of rotatable bonds is 6. The van der Waals surface area contributed by atoms with E-state index in [9.17, 15) is 0 Å². The van der Waals surface area contributed by atoms with Crippen molar-refractivity contribution in [3.05, 3.63) is 23.8 Å². The number of nitrogens with two attached hydrogens (primary N) is 1. The fraction of sp³-hybridized carbons (Fsp3) is 0.500. The number of hydrogen-bond donors (Lipinski definition) is 1. The Bertz CT molecular complexity index is 302. The van der Waals surface area contributed by atoms with Gasteiger partial charge in [-0.2, -0.15) is 0 Å². The molecule has 0 saturated carbocycles. The van der Waals surface area contributed by atoms with Crippen molar-refractivity contribution in [1.82, 2.24) is 0 Å². The van der Waals surface area contributed by atoms with Crippen LogP contribution in [0.4, 0.5) is 5.69 Å². The fourth-order valence-corrected chi connectivity index (χ4v) is 2.27. The first kappa shape index (κ1) is 12.4. The third-order valence-electron chi connectivity index (χ3n) is 2.22. The molecule has 15 heavy (non-hydrogen) atoms. The lowest BCUT2D eigenvalue weighted by molar-refractivity contribution is 0.149. The lowest BCUT2D eigenvalue weighted by atomic mass is 10.2. The van der Waals surface area contributed by atoms with E-state index in [1.165, 1.54) is 10.5 Å². The summed E-state index contributed by atoms with van der Waals surface area (Å²) >= 11 is 1.85. The molecular formula is C12H19NOS. The molecule has 0 atom stereocenters. The van der Waals surface area contributed by atoms with Crippen molar-refractivity contribution >= 4 is 17.4 Å². The Morgan fingerprint density at radius 2 is 2.20 bits per heavy atom. The number of thioether (sulfide) groups is 1. The minimum absolute atomic E-state index is 0.808. The molecule has 1 rings (SSSR count). The highest BCUT2D eigenvalue weighted by Gasteiger charge is 2.01. The summed E-state index contributed by atoms with van der Waals surface area (Å²) in [6.45, 7) is 5.75. The van der Waals surface area contributed by atoms with Crippen LogP contribution in [0, 0.1) is 6.92 Å². The van der Waals surface area contributed by atoms with Crippen LogP contribution < -0.4 is 5.73 Å². The fourth-order valence-electron chi connectivity index (χ4n) is 1.28. The molecule has 0 aromatic heterocycles. The summed E-state index contributed by atoms with van der Waals surface area (Å²) in [5.74, 6) is 1.09. The molecule has 2 nitrogen and oxygen atoms in total. The molecule has 0 fully saturated rings. The highest BCUT2D eigenvalue weighted by molar-refractivity contribution is 7.99. The van der Waals surface area contributed by atoms with Gasteiger partial charge in [0.25, 0.3) is 0 Å².